The molecule has 0 N–H and O–H groups in total. The molecule has 0 radical (unpaired) electrons. The van der Waals surface area contributed by atoms with E-state index in [1.807, 2.05) is 13.8 Å². The van der Waals surface area contributed by atoms with E-state index >= 15 is 0 Å². The number of hydrogen-bond donors (Lipinski definition) is 0. The Kier molecular flexibility index (Phi) is 30.5. The molecule has 1 rings (SSSR count). The zero-order valence-corrected chi connectivity index (χ0v) is 42.0. The van der Waals surface area contributed by atoms with Crippen LogP contribution in [0.25, 0.3) is 0 Å². The van der Waals surface area contributed by atoms with Crippen LogP contribution in [0.4, 0.5) is 0 Å². The molecule has 0 spiro atoms. The van der Waals surface area contributed by atoms with Crippen LogP contribution < -0.4 is 169 Å². The van der Waals surface area contributed by atoms with E-state index in [9.17, 15) is 28.4 Å². The summed E-state index contributed by atoms with van der Waals surface area (Å²) < 4.78 is 43.3. The second-order valence-electron chi connectivity index (χ2n) is 12.3. The third-order valence-corrected chi connectivity index (χ3v) is 16.9. The molecule has 7 nitrogen and oxygen atoms in total. The molecule has 45 heavy (non-hydrogen) atoms. The van der Waals surface area contributed by atoms with Crippen molar-refractivity contribution in [3.05, 3.63) is 69.9 Å². The summed E-state index contributed by atoms with van der Waals surface area (Å²) in [6.45, 7) is 16.1. The standard InChI is InChI=1S/C32H55O7P3.3K/c1-26(2)13-9-15-28(5)17-11-19-30(7)21-23-32(40(33,34)25-41(35,36)39-42(32,37)38)24-22-31(8)20-12-18-29(6)16-10-14-27(3)4;;;/h13-14,17-18,21-22H,9-12,15-16,19-20,23-25H2,1-8H3,(H,33,34)(H,35,36)(H,37,38);;;/q;3*+1/p-3/b28-17+,29-18+,30-21+,31-22+;;;. The van der Waals surface area contributed by atoms with Gasteiger partial charge in [-0.15, -0.1) is 0 Å². The zero-order chi connectivity index (χ0) is 32.2. The van der Waals surface area contributed by atoms with Gasteiger partial charge in [-0.3, -0.25) is 4.31 Å². The van der Waals surface area contributed by atoms with Crippen molar-refractivity contribution in [1.82, 2.24) is 0 Å². The molecule has 3 atom stereocenters. The van der Waals surface area contributed by atoms with Crippen LogP contribution in [0, 0.1) is 0 Å². The van der Waals surface area contributed by atoms with Gasteiger partial charge in [-0.25, -0.2) is 0 Å². The Bertz CT molecular complexity index is 1170. The van der Waals surface area contributed by atoms with Gasteiger partial charge in [-0.05, 0) is 120 Å². The quantitative estimate of drug-likeness (QED) is 0.124. The van der Waals surface area contributed by atoms with E-state index in [0.29, 0.717) is 12.8 Å². The molecule has 1 aliphatic heterocycles. The first-order chi connectivity index (χ1) is 19.3. The summed E-state index contributed by atoms with van der Waals surface area (Å²) in [5, 5.41) is 0. The zero-order valence-electron chi connectivity index (χ0n) is 29.9. The minimum absolute atomic E-state index is 0. The van der Waals surface area contributed by atoms with Crippen LogP contribution in [0.3, 0.4) is 0 Å². The van der Waals surface area contributed by atoms with Crippen LogP contribution in [0.15, 0.2) is 69.9 Å². The molecule has 1 saturated heterocycles. The summed E-state index contributed by atoms with van der Waals surface area (Å²) in [4.78, 5) is 36.4. The Labute approximate surface area is 401 Å². The maximum absolute atomic E-state index is 13.4. The molecule has 0 aliphatic carbocycles. The summed E-state index contributed by atoms with van der Waals surface area (Å²) in [6.07, 6.45) is 17.8. The van der Waals surface area contributed by atoms with Gasteiger partial charge in [0.2, 0.25) is 0 Å². The van der Waals surface area contributed by atoms with Crippen molar-refractivity contribution in [2.24, 2.45) is 0 Å². The van der Waals surface area contributed by atoms with Crippen LogP contribution in [0.2, 0.25) is 0 Å². The topological polar surface area (TPSA) is 130 Å². The fourth-order valence-electron chi connectivity index (χ4n) is 4.75. The fourth-order valence-corrected chi connectivity index (χ4v) is 14.0. The van der Waals surface area contributed by atoms with E-state index in [2.05, 4.69) is 70.2 Å². The smallest absolute Gasteiger partial charge is 0.798 e. The van der Waals surface area contributed by atoms with Crippen molar-refractivity contribution in [3.8, 4) is 0 Å². The van der Waals surface area contributed by atoms with Crippen molar-refractivity contribution in [2.45, 2.75) is 124 Å². The average molecular weight is 759 g/mol. The van der Waals surface area contributed by atoms with Crippen LogP contribution in [-0.4, -0.2) is 10.8 Å². The fraction of sp³-hybridized carbons (Fsp3) is 0.625. The predicted molar refractivity (Wildman–Crippen MR) is 172 cm³/mol. The van der Waals surface area contributed by atoms with Crippen molar-refractivity contribution in [1.29, 1.82) is 0 Å². The van der Waals surface area contributed by atoms with Gasteiger partial charge in [-0.1, -0.05) is 69.9 Å². The van der Waals surface area contributed by atoms with Gasteiger partial charge in [-0.2, -0.15) is 0 Å². The van der Waals surface area contributed by atoms with Crippen LogP contribution in [-0.2, 0) is 18.0 Å². The molecule has 13 heteroatoms. The van der Waals surface area contributed by atoms with Gasteiger partial charge >= 0.3 is 154 Å². The maximum Gasteiger partial charge on any atom is 1.00 e. The molecule has 0 aromatic carbocycles. The molecule has 0 amide bonds. The first-order valence-electron chi connectivity index (χ1n) is 14.8. The predicted octanol–water partition coefficient (Wildman–Crippen LogP) is 0.0462. The summed E-state index contributed by atoms with van der Waals surface area (Å²) in [5.74, 6) is -1.30. The number of rotatable bonds is 16. The van der Waals surface area contributed by atoms with E-state index in [-0.39, 0.29) is 167 Å². The first kappa shape index (κ1) is 53.2. The summed E-state index contributed by atoms with van der Waals surface area (Å²) in [7, 11) is -15.4. The Hall–Kier alpha value is 3.88. The minimum Gasteiger partial charge on any atom is -0.798 e. The number of hydrogen-bond acceptors (Lipinski definition) is 7. The molecule has 0 bridgehead atoms. The first-order valence-corrected chi connectivity index (χ1v) is 19.9. The molecule has 0 aromatic rings. The van der Waals surface area contributed by atoms with Crippen molar-refractivity contribution < 1.29 is 187 Å². The number of allylic oxidation sites excluding steroid dienone is 12. The minimum atomic E-state index is -5.33. The molecule has 0 saturated carbocycles. The van der Waals surface area contributed by atoms with Crippen molar-refractivity contribution in [3.63, 3.8) is 0 Å². The molecular weight excluding hydrogens is 707 g/mol. The van der Waals surface area contributed by atoms with Crippen molar-refractivity contribution in [2.75, 3.05) is 5.90 Å². The Morgan fingerprint density at radius 3 is 1.20 bits per heavy atom. The van der Waals surface area contributed by atoms with E-state index in [1.54, 1.807) is 12.2 Å². The Balaban J connectivity index is -0.00000588. The molecular formula is C32H52K3O7P3. The second-order valence-corrected chi connectivity index (χ2v) is 19.7. The van der Waals surface area contributed by atoms with Crippen LogP contribution >= 0.6 is 22.6 Å². The van der Waals surface area contributed by atoms with Crippen LogP contribution in [0.1, 0.15) is 120 Å². The van der Waals surface area contributed by atoms with Crippen molar-refractivity contribution >= 4 is 22.6 Å². The van der Waals surface area contributed by atoms with Crippen LogP contribution in [0.5, 0.6) is 0 Å². The summed E-state index contributed by atoms with van der Waals surface area (Å²) >= 11 is 0. The molecule has 1 aliphatic rings. The maximum atomic E-state index is 13.4. The van der Waals surface area contributed by atoms with Gasteiger partial charge in [0.15, 0.2) is 7.60 Å². The van der Waals surface area contributed by atoms with Gasteiger partial charge in [0.25, 0.3) is 0 Å². The third kappa shape index (κ3) is 20.6. The van der Waals surface area contributed by atoms with E-state index < -0.39 is 33.4 Å². The monoisotopic (exact) mass is 758 g/mol. The van der Waals surface area contributed by atoms with E-state index in [1.165, 1.54) is 22.3 Å². The summed E-state index contributed by atoms with van der Waals surface area (Å²) in [6, 6.07) is 0. The molecule has 1 fully saturated rings. The van der Waals surface area contributed by atoms with Gasteiger partial charge < -0.3 is 28.4 Å². The van der Waals surface area contributed by atoms with E-state index in [4.69, 9.17) is 0 Å². The summed E-state index contributed by atoms with van der Waals surface area (Å²) in [5.41, 5.74) is 6.76. The largest absolute Gasteiger partial charge is 1.00 e. The normalized spacial score (nSPS) is 27.4. The Morgan fingerprint density at radius 2 is 0.889 bits per heavy atom. The van der Waals surface area contributed by atoms with Gasteiger partial charge in [0.1, 0.15) is 7.60 Å². The molecule has 0 aromatic heterocycles. The second kappa shape index (κ2) is 25.8. The average Bonchev–Trinajstić information content (AvgIpc) is 2.81. The molecule has 240 valence electrons. The van der Waals surface area contributed by atoms with Gasteiger partial charge in [0.05, 0.1) is 10.8 Å². The van der Waals surface area contributed by atoms with E-state index in [0.717, 1.165) is 49.7 Å². The third-order valence-electron chi connectivity index (χ3n) is 7.54. The van der Waals surface area contributed by atoms with Gasteiger partial charge in [0, 0.05) is 7.37 Å². The molecule has 3 unspecified atom stereocenters. The Morgan fingerprint density at radius 1 is 0.578 bits per heavy atom. The molecule has 1 heterocycles. The SMILES string of the molecule is CC(C)=CCC/C(C)=C/CC/C(C)=C/CC1(C/C=C(\C)CC/C=C(\C)CCC=C(C)C)P(=O)([O-])CP(=O)([O-])OP1(=O)[O-].[K+].[K+].[K+].